The Bertz CT molecular complexity index is 463. The van der Waals surface area contributed by atoms with E-state index in [2.05, 4.69) is 5.10 Å². The first-order chi connectivity index (χ1) is 8.63. The lowest BCUT2D eigenvalue weighted by Crippen LogP contribution is -2.36. The Morgan fingerprint density at radius 2 is 2.11 bits per heavy atom. The normalized spacial score (nSPS) is 15.7. The van der Waals surface area contributed by atoms with Gasteiger partial charge in [0.2, 0.25) is 5.69 Å². The monoisotopic (exact) mass is 252 g/mol. The summed E-state index contributed by atoms with van der Waals surface area (Å²) in [6, 6.07) is 0. The van der Waals surface area contributed by atoms with Crippen molar-refractivity contribution in [3.63, 3.8) is 0 Å². The highest BCUT2D eigenvalue weighted by Crippen LogP contribution is 2.20. The molecule has 0 unspecified atom stereocenters. The van der Waals surface area contributed by atoms with Crippen molar-refractivity contribution < 1.29 is 9.72 Å². The van der Waals surface area contributed by atoms with Gasteiger partial charge >= 0.3 is 5.69 Å². The molecule has 2 heterocycles. The highest BCUT2D eigenvalue weighted by atomic mass is 16.6. The van der Waals surface area contributed by atoms with Crippen LogP contribution in [0.4, 0.5) is 5.69 Å². The molecule has 0 aliphatic carbocycles. The van der Waals surface area contributed by atoms with Gasteiger partial charge in [-0.25, -0.2) is 0 Å². The van der Waals surface area contributed by atoms with E-state index in [9.17, 15) is 14.9 Å². The first-order valence-electron chi connectivity index (χ1n) is 6.14. The smallest absolute Gasteiger partial charge is 0.320 e. The minimum absolute atomic E-state index is 0.0382. The van der Waals surface area contributed by atoms with Crippen LogP contribution in [0.25, 0.3) is 0 Å². The summed E-state index contributed by atoms with van der Waals surface area (Å²) in [7, 11) is 0. The third kappa shape index (κ3) is 2.34. The number of aromatic nitrogens is 2. The topological polar surface area (TPSA) is 81.3 Å². The summed E-state index contributed by atoms with van der Waals surface area (Å²) in [5.74, 6) is -0.325. The van der Waals surface area contributed by atoms with Crippen molar-refractivity contribution in [1.29, 1.82) is 0 Å². The first-order valence-corrected chi connectivity index (χ1v) is 6.14. The average molecular weight is 252 g/mol. The molecule has 1 aliphatic heterocycles. The molecule has 0 atom stereocenters. The summed E-state index contributed by atoms with van der Waals surface area (Å²) in [5.41, 5.74) is -0.240. The van der Waals surface area contributed by atoms with Crippen LogP contribution in [-0.4, -0.2) is 38.6 Å². The highest BCUT2D eigenvalue weighted by molar-refractivity contribution is 5.96. The Morgan fingerprint density at radius 3 is 2.67 bits per heavy atom. The molecule has 1 aliphatic rings. The number of likely N-dealkylation sites (tertiary alicyclic amines) is 1. The summed E-state index contributed by atoms with van der Waals surface area (Å²) in [6.45, 7) is 3.66. The highest BCUT2D eigenvalue weighted by Gasteiger charge is 2.29. The first kappa shape index (κ1) is 12.5. The predicted molar refractivity (Wildman–Crippen MR) is 64.3 cm³/mol. The molecule has 0 saturated carbocycles. The van der Waals surface area contributed by atoms with Gasteiger partial charge in [0.15, 0.2) is 0 Å². The van der Waals surface area contributed by atoms with Crippen LogP contribution in [0.5, 0.6) is 0 Å². The molecular weight excluding hydrogens is 236 g/mol. The number of piperidine rings is 1. The zero-order chi connectivity index (χ0) is 13.1. The molecule has 2 rings (SSSR count). The maximum absolute atomic E-state index is 12.2. The van der Waals surface area contributed by atoms with Gasteiger partial charge in [0.1, 0.15) is 6.20 Å². The number of nitrogens with zero attached hydrogens (tertiary/aromatic N) is 4. The predicted octanol–water partition coefficient (Wildman–Crippen LogP) is 1.44. The molecule has 0 bridgehead atoms. The van der Waals surface area contributed by atoms with Gasteiger partial charge < -0.3 is 4.90 Å². The number of rotatable bonds is 3. The molecule has 7 nitrogen and oxygen atoms in total. The zero-order valence-corrected chi connectivity index (χ0v) is 10.3. The summed E-state index contributed by atoms with van der Waals surface area (Å²) >= 11 is 0. The van der Waals surface area contributed by atoms with E-state index in [1.807, 2.05) is 6.92 Å². The molecule has 1 aromatic heterocycles. The lowest BCUT2D eigenvalue weighted by Gasteiger charge is -2.25. The van der Waals surface area contributed by atoms with E-state index in [1.54, 1.807) is 4.90 Å². The standard InChI is InChI=1S/C11H16N4O3/c1-2-14-8-9(15(17)18)10(12-14)11(16)13-6-4-3-5-7-13/h8H,2-7H2,1H3. The summed E-state index contributed by atoms with van der Waals surface area (Å²) in [5, 5.41) is 14.9. The maximum Gasteiger partial charge on any atom is 0.320 e. The van der Waals surface area contributed by atoms with Gasteiger partial charge in [-0.1, -0.05) is 0 Å². The summed E-state index contributed by atoms with van der Waals surface area (Å²) in [4.78, 5) is 24.2. The molecule has 7 heteroatoms. The minimum Gasteiger partial charge on any atom is -0.337 e. The summed E-state index contributed by atoms with van der Waals surface area (Å²) < 4.78 is 1.43. The molecule has 18 heavy (non-hydrogen) atoms. The number of amides is 1. The van der Waals surface area contributed by atoms with Crippen molar-refractivity contribution in [2.45, 2.75) is 32.7 Å². The molecule has 98 valence electrons. The zero-order valence-electron chi connectivity index (χ0n) is 10.3. The lowest BCUT2D eigenvalue weighted by atomic mass is 10.1. The lowest BCUT2D eigenvalue weighted by molar-refractivity contribution is -0.385. The molecule has 0 N–H and O–H groups in total. The fourth-order valence-corrected chi connectivity index (χ4v) is 2.11. The number of nitro groups is 1. The fourth-order valence-electron chi connectivity index (χ4n) is 2.11. The van der Waals surface area contributed by atoms with Crippen molar-refractivity contribution in [2.75, 3.05) is 13.1 Å². The van der Waals surface area contributed by atoms with Gasteiger partial charge in [-0.2, -0.15) is 5.10 Å². The quantitative estimate of drug-likeness (QED) is 0.602. The van der Waals surface area contributed by atoms with Crippen LogP contribution in [-0.2, 0) is 6.54 Å². The van der Waals surface area contributed by atoms with Gasteiger partial charge in [-0.3, -0.25) is 19.6 Å². The van der Waals surface area contributed by atoms with Crippen LogP contribution >= 0.6 is 0 Å². The van der Waals surface area contributed by atoms with E-state index in [0.29, 0.717) is 19.6 Å². The number of aryl methyl sites for hydroxylation is 1. The van der Waals surface area contributed by atoms with Crippen LogP contribution < -0.4 is 0 Å². The van der Waals surface area contributed by atoms with Crippen LogP contribution in [0.1, 0.15) is 36.7 Å². The van der Waals surface area contributed by atoms with Crippen molar-refractivity contribution in [3.05, 3.63) is 22.0 Å². The van der Waals surface area contributed by atoms with Gasteiger partial charge in [-0.05, 0) is 26.2 Å². The van der Waals surface area contributed by atoms with E-state index in [1.165, 1.54) is 10.9 Å². The third-order valence-electron chi connectivity index (χ3n) is 3.11. The van der Waals surface area contributed by atoms with E-state index in [-0.39, 0.29) is 17.3 Å². The Morgan fingerprint density at radius 1 is 1.44 bits per heavy atom. The van der Waals surface area contributed by atoms with E-state index < -0.39 is 4.92 Å². The van der Waals surface area contributed by atoms with Crippen molar-refractivity contribution >= 4 is 11.6 Å². The van der Waals surface area contributed by atoms with Gasteiger partial charge in [0.05, 0.1) is 4.92 Å². The second kappa shape index (κ2) is 5.16. The van der Waals surface area contributed by atoms with Crippen molar-refractivity contribution in [1.82, 2.24) is 14.7 Å². The SMILES string of the molecule is CCn1cc([N+](=O)[O-])c(C(=O)N2CCCCC2)n1. The number of carbonyl (C=O) groups excluding carboxylic acids is 1. The van der Waals surface area contributed by atoms with Crippen LogP contribution in [0.15, 0.2) is 6.20 Å². The van der Waals surface area contributed by atoms with E-state index in [0.717, 1.165) is 19.3 Å². The fraction of sp³-hybridized carbons (Fsp3) is 0.636. The number of carbonyl (C=O) groups is 1. The molecule has 1 fully saturated rings. The van der Waals surface area contributed by atoms with E-state index in [4.69, 9.17) is 0 Å². The molecule has 0 radical (unpaired) electrons. The molecule has 0 spiro atoms. The van der Waals surface area contributed by atoms with Crippen LogP contribution in [0, 0.1) is 10.1 Å². The number of hydrogen-bond acceptors (Lipinski definition) is 4. The van der Waals surface area contributed by atoms with Crippen LogP contribution in [0.3, 0.4) is 0 Å². The Labute approximate surface area is 105 Å². The molecule has 1 aromatic rings. The Hall–Kier alpha value is -1.92. The van der Waals surface area contributed by atoms with Gasteiger partial charge in [0, 0.05) is 19.6 Å². The second-order valence-corrected chi connectivity index (χ2v) is 4.33. The Kier molecular flexibility index (Phi) is 3.59. The van der Waals surface area contributed by atoms with Gasteiger partial charge in [0.25, 0.3) is 5.91 Å². The molecule has 1 amide bonds. The molecule has 1 saturated heterocycles. The van der Waals surface area contributed by atoms with E-state index >= 15 is 0 Å². The minimum atomic E-state index is -0.545. The van der Waals surface area contributed by atoms with Crippen LogP contribution in [0.2, 0.25) is 0 Å². The Balaban J connectivity index is 2.27. The average Bonchev–Trinajstić information content (AvgIpc) is 2.83. The summed E-state index contributed by atoms with van der Waals surface area (Å²) in [6.07, 6.45) is 4.33. The maximum atomic E-state index is 12.2. The second-order valence-electron chi connectivity index (χ2n) is 4.33. The van der Waals surface area contributed by atoms with Gasteiger partial charge in [-0.15, -0.1) is 0 Å². The molecule has 0 aromatic carbocycles. The third-order valence-corrected chi connectivity index (χ3v) is 3.11. The van der Waals surface area contributed by atoms with Crippen molar-refractivity contribution in [3.8, 4) is 0 Å². The largest absolute Gasteiger partial charge is 0.337 e. The number of hydrogen-bond donors (Lipinski definition) is 0. The van der Waals surface area contributed by atoms with Crippen molar-refractivity contribution in [2.24, 2.45) is 0 Å². The molecular formula is C11H16N4O3.